The van der Waals surface area contributed by atoms with E-state index in [2.05, 4.69) is 4.98 Å². The van der Waals surface area contributed by atoms with Crippen LogP contribution in [0.1, 0.15) is 22.3 Å². The number of hydrogen-bond acceptors (Lipinski definition) is 3. The number of nitrogens with zero attached hydrogens (tertiary/aromatic N) is 1. The first-order valence-electron chi connectivity index (χ1n) is 11.0. The first kappa shape index (κ1) is 24.8. The van der Waals surface area contributed by atoms with Crippen molar-refractivity contribution in [2.75, 3.05) is 7.11 Å². The van der Waals surface area contributed by atoms with E-state index >= 15 is 0 Å². The molecule has 0 saturated carbocycles. The summed E-state index contributed by atoms with van der Waals surface area (Å²) in [6.07, 6.45) is -2.28. The molecule has 182 valence electrons. The third kappa shape index (κ3) is 6.05. The Morgan fingerprint density at radius 1 is 1.00 bits per heavy atom. The molecule has 8 heteroatoms. The van der Waals surface area contributed by atoms with Gasteiger partial charge in [0.05, 0.1) is 12.7 Å². The van der Waals surface area contributed by atoms with Crippen LogP contribution in [0.25, 0.3) is 10.9 Å². The molecule has 4 nitrogen and oxygen atoms in total. The molecular weight excluding hydrogens is 477 g/mol. The number of hydrogen-bond donors (Lipinski definition) is 1. The van der Waals surface area contributed by atoms with E-state index in [-0.39, 0.29) is 6.54 Å². The van der Waals surface area contributed by atoms with Gasteiger partial charge in [0.25, 0.3) is 0 Å². The number of carbonyl (C=O) groups excluding carboxylic acids is 1. The number of aromatic amines is 1. The molecule has 1 N–H and O–H groups in total. The molecule has 0 aliphatic rings. The molecule has 1 aromatic heterocycles. The number of esters is 1. The van der Waals surface area contributed by atoms with Crippen molar-refractivity contribution in [1.82, 2.24) is 9.88 Å². The van der Waals surface area contributed by atoms with Gasteiger partial charge in [-0.3, -0.25) is 9.69 Å². The highest BCUT2D eigenvalue weighted by atomic mass is 35.5. The Kier molecular flexibility index (Phi) is 7.48. The Morgan fingerprint density at radius 2 is 1.71 bits per heavy atom. The van der Waals surface area contributed by atoms with E-state index in [4.69, 9.17) is 16.3 Å². The number of H-pyrrole nitrogens is 1. The van der Waals surface area contributed by atoms with Gasteiger partial charge in [-0.15, -0.1) is 0 Å². The van der Waals surface area contributed by atoms with Crippen LogP contribution in [0.3, 0.4) is 0 Å². The molecule has 4 aromatic rings. The van der Waals surface area contributed by atoms with E-state index < -0.39 is 23.8 Å². The summed E-state index contributed by atoms with van der Waals surface area (Å²) in [5.74, 6) is -0.462. The van der Waals surface area contributed by atoms with E-state index in [0.29, 0.717) is 23.6 Å². The van der Waals surface area contributed by atoms with Gasteiger partial charge in [0.1, 0.15) is 6.04 Å². The zero-order valence-electron chi connectivity index (χ0n) is 19.0. The molecule has 0 aliphatic heterocycles. The number of fused-ring (bicyclic) bond motifs is 1. The molecule has 4 rings (SSSR count). The van der Waals surface area contributed by atoms with Crippen LogP contribution in [-0.2, 0) is 35.2 Å². The highest BCUT2D eigenvalue weighted by Gasteiger charge is 2.32. The van der Waals surface area contributed by atoms with Crippen molar-refractivity contribution >= 4 is 28.5 Å². The lowest BCUT2D eigenvalue weighted by molar-refractivity contribution is -0.147. The maximum atomic E-state index is 13.3. The van der Waals surface area contributed by atoms with E-state index in [1.54, 1.807) is 18.2 Å². The molecule has 0 bridgehead atoms. The lowest BCUT2D eigenvalue weighted by Gasteiger charge is -2.30. The van der Waals surface area contributed by atoms with E-state index in [9.17, 15) is 18.0 Å². The van der Waals surface area contributed by atoms with Gasteiger partial charge in [0.15, 0.2) is 0 Å². The highest BCUT2D eigenvalue weighted by molar-refractivity contribution is 6.30. The van der Waals surface area contributed by atoms with Gasteiger partial charge < -0.3 is 9.72 Å². The Hall–Kier alpha value is -3.29. The van der Waals surface area contributed by atoms with Crippen molar-refractivity contribution in [3.63, 3.8) is 0 Å². The summed E-state index contributed by atoms with van der Waals surface area (Å²) in [4.78, 5) is 18.0. The maximum Gasteiger partial charge on any atom is 0.416 e. The summed E-state index contributed by atoms with van der Waals surface area (Å²) >= 11 is 6.03. The molecule has 0 radical (unpaired) electrons. The fourth-order valence-corrected chi connectivity index (χ4v) is 4.31. The minimum Gasteiger partial charge on any atom is -0.468 e. The quantitative estimate of drug-likeness (QED) is 0.276. The molecule has 0 fully saturated rings. The monoisotopic (exact) mass is 500 g/mol. The smallest absolute Gasteiger partial charge is 0.416 e. The minimum absolute atomic E-state index is 0.120. The van der Waals surface area contributed by atoms with Crippen molar-refractivity contribution in [2.45, 2.75) is 31.7 Å². The third-order valence-corrected chi connectivity index (χ3v) is 6.19. The second-order valence-corrected chi connectivity index (χ2v) is 8.77. The predicted molar refractivity (Wildman–Crippen MR) is 130 cm³/mol. The van der Waals surface area contributed by atoms with Gasteiger partial charge in [-0.2, -0.15) is 13.2 Å². The number of alkyl halides is 3. The Bertz CT molecular complexity index is 1300. The molecule has 0 aliphatic carbocycles. The number of carbonyl (C=O) groups is 1. The normalized spacial score (nSPS) is 12.7. The SMILES string of the molecule is COC(=O)[C@H](Cc1c[nH]c2ccccc12)N(Cc1ccc(Cl)cc1)Cc1cccc(C(F)(F)F)c1. The van der Waals surface area contributed by atoms with E-state index in [1.807, 2.05) is 47.5 Å². The van der Waals surface area contributed by atoms with Crippen LogP contribution in [0.15, 0.2) is 79.0 Å². The third-order valence-electron chi connectivity index (χ3n) is 5.94. The summed E-state index contributed by atoms with van der Waals surface area (Å²) in [7, 11) is 1.31. The number of aromatic nitrogens is 1. The van der Waals surface area contributed by atoms with Crippen LogP contribution in [0.5, 0.6) is 0 Å². The highest BCUT2D eigenvalue weighted by Crippen LogP contribution is 2.30. The first-order chi connectivity index (χ1) is 16.7. The summed E-state index contributed by atoms with van der Waals surface area (Å²) < 4.78 is 45.1. The van der Waals surface area contributed by atoms with Gasteiger partial charge in [0, 0.05) is 41.6 Å². The maximum absolute atomic E-state index is 13.3. The number of methoxy groups -OCH3 is 1. The van der Waals surface area contributed by atoms with Crippen molar-refractivity contribution in [2.24, 2.45) is 0 Å². The molecule has 1 atom stereocenters. The Labute approximate surface area is 206 Å². The number of rotatable bonds is 8. The van der Waals surface area contributed by atoms with E-state index in [1.165, 1.54) is 13.2 Å². The van der Waals surface area contributed by atoms with Crippen LogP contribution >= 0.6 is 11.6 Å². The molecule has 0 unspecified atom stereocenters. The van der Waals surface area contributed by atoms with Crippen molar-refractivity contribution in [1.29, 1.82) is 0 Å². The molecule has 3 aromatic carbocycles. The number of para-hydroxylation sites is 1. The van der Waals surface area contributed by atoms with Crippen molar-refractivity contribution in [3.8, 4) is 0 Å². The van der Waals surface area contributed by atoms with E-state index in [0.717, 1.165) is 34.2 Å². The zero-order valence-corrected chi connectivity index (χ0v) is 19.7. The van der Waals surface area contributed by atoms with Crippen LogP contribution in [0.4, 0.5) is 13.2 Å². The lowest BCUT2D eigenvalue weighted by atomic mass is 10.0. The number of nitrogens with one attached hydrogen (secondary N) is 1. The van der Waals surface area contributed by atoms with Gasteiger partial charge in [-0.25, -0.2) is 0 Å². The second-order valence-electron chi connectivity index (χ2n) is 8.33. The van der Waals surface area contributed by atoms with Gasteiger partial charge in [-0.1, -0.05) is 60.1 Å². The van der Waals surface area contributed by atoms with Gasteiger partial charge in [0.2, 0.25) is 0 Å². The standard InChI is InChI=1S/C27H24ClF3N2O2/c1-35-26(34)25(14-20-15-32-24-8-3-2-7-23(20)24)33(16-18-9-11-22(28)12-10-18)17-19-5-4-6-21(13-19)27(29,30)31/h2-13,15,25,32H,14,16-17H2,1H3/t25-/m0/s1. The van der Waals surface area contributed by atoms with Gasteiger partial charge >= 0.3 is 12.1 Å². The topological polar surface area (TPSA) is 45.3 Å². The molecule has 1 heterocycles. The van der Waals surface area contributed by atoms with Crippen molar-refractivity contribution < 1.29 is 22.7 Å². The Balaban J connectivity index is 1.71. The molecule has 0 amide bonds. The fraction of sp³-hybridized carbons (Fsp3) is 0.222. The average Bonchev–Trinajstić information content (AvgIpc) is 3.25. The van der Waals surface area contributed by atoms with Crippen LogP contribution in [0, 0.1) is 0 Å². The summed E-state index contributed by atoms with van der Waals surface area (Å²) in [6.45, 7) is 0.435. The average molecular weight is 501 g/mol. The van der Waals surface area contributed by atoms with Gasteiger partial charge in [-0.05, 0) is 41.0 Å². The zero-order chi connectivity index (χ0) is 25.0. The summed E-state index contributed by atoms with van der Waals surface area (Å²) in [5.41, 5.74) is 2.44. The Morgan fingerprint density at radius 3 is 2.43 bits per heavy atom. The largest absolute Gasteiger partial charge is 0.468 e. The van der Waals surface area contributed by atoms with Crippen LogP contribution in [-0.4, -0.2) is 29.0 Å². The predicted octanol–water partition coefficient (Wildman–Crippen LogP) is 6.63. The number of ether oxygens (including phenoxy) is 1. The minimum atomic E-state index is -4.46. The van der Waals surface area contributed by atoms with Crippen LogP contribution in [0.2, 0.25) is 5.02 Å². The number of benzene rings is 3. The molecular formula is C27H24ClF3N2O2. The van der Waals surface area contributed by atoms with Crippen LogP contribution < -0.4 is 0 Å². The van der Waals surface area contributed by atoms with Crippen molar-refractivity contribution in [3.05, 3.63) is 106 Å². The second kappa shape index (κ2) is 10.5. The molecule has 0 saturated heterocycles. The summed E-state index contributed by atoms with van der Waals surface area (Å²) in [6, 6.07) is 19.3. The number of halogens is 4. The molecule has 0 spiro atoms. The summed E-state index contributed by atoms with van der Waals surface area (Å²) in [5, 5.41) is 1.55. The lowest BCUT2D eigenvalue weighted by Crippen LogP contribution is -2.42. The fourth-order valence-electron chi connectivity index (χ4n) is 4.19. The first-order valence-corrected chi connectivity index (χ1v) is 11.4. The molecule has 35 heavy (non-hydrogen) atoms.